The summed E-state index contributed by atoms with van der Waals surface area (Å²) >= 11 is 8.97. The van der Waals surface area contributed by atoms with Crippen molar-refractivity contribution >= 4 is 50.6 Å². The van der Waals surface area contributed by atoms with Crippen molar-refractivity contribution in [2.45, 2.75) is 5.22 Å². The van der Waals surface area contributed by atoms with E-state index in [4.69, 9.17) is 20.8 Å². The molecule has 0 atom stereocenters. The van der Waals surface area contributed by atoms with Crippen LogP contribution >= 0.6 is 34.7 Å². The van der Waals surface area contributed by atoms with Gasteiger partial charge in [0.1, 0.15) is 4.88 Å². The number of ketones is 1. The normalized spacial score (nSPS) is 11.1. The number of ether oxygens (including phenoxy) is 1. The maximum absolute atomic E-state index is 13.8. The molecule has 0 aliphatic carbocycles. The van der Waals surface area contributed by atoms with Gasteiger partial charge in [0.05, 0.1) is 17.9 Å². The maximum Gasteiger partial charge on any atom is 0.277 e. The van der Waals surface area contributed by atoms with E-state index in [1.807, 2.05) is 24.3 Å². The molecule has 4 rings (SSSR count). The first-order valence-electron chi connectivity index (χ1n) is 8.07. The van der Waals surface area contributed by atoms with Gasteiger partial charge in [-0.15, -0.1) is 21.5 Å². The molecule has 2 aromatic carbocycles. The van der Waals surface area contributed by atoms with Crippen LogP contribution in [0.4, 0.5) is 4.39 Å². The third-order valence-electron chi connectivity index (χ3n) is 3.94. The number of rotatable bonds is 6. The Labute approximate surface area is 172 Å². The Bertz CT molecular complexity index is 1180. The van der Waals surface area contributed by atoms with Gasteiger partial charge >= 0.3 is 0 Å². The second-order valence-electron chi connectivity index (χ2n) is 5.68. The minimum atomic E-state index is -0.585. The first-order valence-corrected chi connectivity index (χ1v) is 10.2. The second-order valence-corrected chi connectivity index (χ2v) is 8.03. The predicted molar refractivity (Wildman–Crippen MR) is 108 cm³/mol. The number of fused-ring (bicyclic) bond motifs is 1. The topological polar surface area (TPSA) is 65.2 Å². The van der Waals surface area contributed by atoms with E-state index in [2.05, 4.69) is 10.2 Å². The summed E-state index contributed by atoms with van der Waals surface area (Å²) in [5, 5.41) is 9.72. The number of thiophene rings is 1. The molecule has 0 saturated carbocycles. The predicted octanol–water partition coefficient (Wildman–Crippen LogP) is 5.73. The van der Waals surface area contributed by atoms with Crippen LogP contribution in [0.15, 0.2) is 52.1 Å². The number of benzene rings is 2. The van der Waals surface area contributed by atoms with Gasteiger partial charge in [0.15, 0.2) is 17.3 Å². The quantitative estimate of drug-likeness (QED) is 0.285. The Morgan fingerprint density at radius 1 is 1.29 bits per heavy atom. The molecule has 0 amide bonds. The molecule has 28 heavy (non-hydrogen) atoms. The van der Waals surface area contributed by atoms with Crippen LogP contribution < -0.4 is 4.74 Å². The average molecular weight is 435 g/mol. The van der Waals surface area contributed by atoms with Gasteiger partial charge in [0.25, 0.3) is 11.1 Å². The number of carbonyl (C=O) groups is 1. The number of thioether (sulfide) groups is 1. The summed E-state index contributed by atoms with van der Waals surface area (Å²) < 4.78 is 25.3. The number of halogens is 2. The Kier molecular flexibility index (Phi) is 5.34. The summed E-state index contributed by atoms with van der Waals surface area (Å²) in [7, 11) is 1.37. The summed E-state index contributed by atoms with van der Waals surface area (Å²) in [4.78, 5) is 13.0. The fourth-order valence-electron chi connectivity index (χ4n) is 2.56. The highest BCUT2D eigenvalue weighted by Gasteiger charge is 2.19. The third kappa shape index (κ3) is 3.63. The van der Waals surface area contributed by atoms with E-state index in [0.29, 0.717) is 15.8 Å². The fourth-order valence-corrected chi connectivity index (χ4v) is 4.65. The Morgan fingerprint density at radius 3 is 2.86 bits per heavy atom. The van der Waals surface area contributed by atoms with E-state index in [0.717, 1.165) is 27.9 Å². The van der Waals surface area contributed by atoms with Gasteiger partial charge in [-0.2, -0.15) is 0 Å². The van der Waals surface area contributed by atoms with Crippen molar-refractivity contribution < 1.29 is 18.3 Å². The highest BCUT2D eigenvalue weighted by Crippen LogP contribution is 2.41. The summed E-state index contributed by atoms with van der Waals surface area (Å²) in [6, 6.07) is 11.8. The Morgan fingerprint density at radius 2 is 2.11 bits per heavy atom. The highest BCUT2D eigenvalue weighted by atomic mass is 35.5. The smallest absolute Gasteiger partial charge is 0.277 e. The molecule has 2 aromatic heterocycles. The zero-order valence-electron chi connectivity index (χ0n) is 14.4. The Hall–Kier alpha value is -2.42. The third-order valence-corrected chi connectivity index (χ3v) is 6.42. The number of hydrogen-bond donors (Lipinski definition) is 0. The van der Waals surface area contributed by atoms with Gasteiger partial charge in [-0.05, 0) is 24.3 Å². The summed E-state index contributed by atoms with van der Waals surface area (Å²) in [5.74, 6) is -0.417. The van der Waals surface area contributed by atoms with Crippen LogP contribution in [0.25, 0.3) is 20.9 Å². The van der Waals surface area contributed by atoms with Crippen molar-refractivity contribution in [3.05, 3.63) is 58.9 Å². The van der Waals surface area contributed by atoms with Crippen LogP contribution in [0.3, 0.4) is 0 Å². The van der Waals surface area contributed by atoms with Gasteiger partial charge in [-0.25, -0.2) is 4.39 Å². The van der Waals surface area contributed by atoms with E-state index in [9.17, 15) is 9.18 Å². The molecule has 0 spiro atoms. The number of nitrogens with zero attached hydrogens (tertiary/aromatic N) is 2. The molecule has 4 aromatic rings. The van der Waals surface area contributed by atoms with Crippen molar-refractivity contribution in [3.63, 3.8) is 0 Å². The zero-order chi connectivity index (χ0) is 19.7. The minimum absolute atomic E-state index is 0.0353. The molecule has 0 fully saturated rings. The average Bonchev–Trinajstić information content (AvgIpc) is 3.31. The fraction of sp³-hybridized carbons (Fsp3) is 0.105. The molecule has 5 nitrogen and oxygen atoms in total. The van der Waals surface area contributed by atoms with Crippen LogP contribution in [-0.2, 0) is 0 Å². The largest absolute Gasteiger partial charge is 0.494 e. The van der Waals surface area contributed by atoms with E-state index in [1.165, 1.54) is 30.6 Å². The number of aromatic nitrogens is 2. The lowest BCUT2D eigenvalue weighted by molar-refractivity contribution is 0.102. The lowest BCUT2D eigenvalue weighted by Gasteiger charge is -2.03. The summed E-state index contributed by atoms with van der Waals surface area (Å²) in [5.41, 5.74) is 0.248. The molecule has 0 unspecified atom stereocenters. The van der Waals surface area contributed by atoms with Crippen molar-refractivity contribution in [3.8, 4) is 16.5 Å². The van der Waals surface area contributed by atoms with Gasteiger partial charge in [0, 0.05) is 15.6 Å². The molecular weight excluding hydrogens is 423 g/mol. The second kappa shape index (κ2) is 7.90. The monoisotopic (exact) mass is 434 g/mol. The van der Waals surface area contributed by atoms with Gasteiger partial charge in [-0.3, -0.25) is 4.79 Å². The first kappa shape index (κ1) is 18.9. The van der Waals surface area contributed by atoms with Gasteiger partial charge in [-0.1, -0.05) is 41.6 Å². The molecule has 0 aliphatic rings. The van der Waals surface area contributed by atoms with Crippen LogP contribution in [0, 0.1) is 5.82 Å². The minimum Gasteiger partial charge on any atom is -0.494 e. The molecular formula is C19H12ClFN2O3S2. The lowest BCUT2D eigenvalue weighted by Crippen LogP contribution is -2.03. The molecule has 2 heterocycles. The van der Waals surface area contributed by atoms with Crippen LogP contribution in [0.5, 0.6) is 5.75 Å². The van der Waals surface area contributed by atoms with Crippen LogP contribution in [0.2, 0.25) is 5.02 Å². The van der Waals surface area contributed by atoms with Gasteiger partial charge in [0.2, 0.25) is 0 Å². The van der Waals surface area contributed by atoms with E-state index < -0.39 is 5.82 Å². The molecule has 0 bridgehead atoms. The molecule has 0 aliphatic heterocycles. The number of methoxy groups -OCH3 is 1. The van der Waals surface area contributed by atoms with E-state index >= 15 is 0 Å². The summed E-state index contributed by atoms with van der Waals surface area (Å²) in [6.07, 6.45) is 0. The number of hydrogen-bond acceptors (Lipinski definition) is 7. The highest BCUT2D eigenvalue weighted by molar-refractivity contribution is 7.99. The van der Waals surface area contributed by atoms with Crippen molar-refractivity contribution in [2.75, 3.05) is 12.9 Å². The number of carbonyl (C=O) groups excluding carboxylic acids is 1. The van der Waals surface area contributed by atoms with E-state index in [-0.39, 0.29) is 28.1 Å². The summed E-state index contributed by atoms with van der Waals surface area (Å²) in [6.45, 7) is 0. The first-order chi connectivity index (χ1) is 13.6. The van der Waals surface area contributed by atoms with Crippen molar-refractivity contribution in [2.24, 2.45) is 0 Å². The van der Waals surface area contributed by atoms with Crippen molar-refractivity contribution in [1.29, 1.82) is 0 Å². The Balaban J connectivity index is 1.48. The SMILES string of the molecule is COc1ccc(C(=O)CSc2nnc(-c3sc4ccccc4c3Cl)o2)cc1F. The molecule has 142 valence electrons. The van der Waals surface area contributed by atoms with Crippen LogP contribution in [0.1, 0.15) is 10.4 Å². The maximum atomic E-state index is 13.8. The standard InChI is InChI=1S/C19H12ClFN2O3S2/c1-25-14-7-6-10(8-12(14)21)13(24)9-27-19-23-22-18(26-19)17-16(20)11-4-2-3-5-15(11)28-17/h2-8H,9H2,1H3. The molecule has 0 saturated heterocycles. The lowest BCUT2D eigenvalue weighted by atomic mass is 10.1. The van der Waals surface area contributed by atoms with Crippen molar-refractivity contribution in [1.82, 2.24) is 10.2 Å². The van der Waals surface area contributed by atoms with Crippen LogP contribution in [-0.4, -0.2) is 28.8 Å². The van der Waals surface area contributed by atoms with Gasteiger partial charge < -0.3 is 9.15 Å². The molecule has 0 N–H and O–H groups in total. The number of Topliss-reactive ketones (excluding diaryl/α,β-unsaturated/α-hetero) is 1. The molecule has 0 radical (unpaired) electrons. The molecule has 9 heteroatoms. The zero-order valence-corrected chi connectivity index (χ0v) is 16.8. The van der Waals surface area contributed by atoms with E-state index in [1.54, 1.807) is 0 Å².